The zero-order chi connectivity index (χ0) is 10.7. The molecule has 0 aromatic carbocycles. The average molecular weight is 232 g/mol. The summed E-state index contributed by atoms with van der Waals surface area (Å²) in [6.07, 6.45) is 6.22. The molecular formula is C12H10ClN3. The fourth-order valence-corrected chi connectivity index (χ4v) is 2.88. The molecule has 2 aromatic rings. The van der Waals surface area contributed by atoms with E-state index in [4.69, 9.17) is 11.6 Å². The van der Waals surface area contributed by atoms with Crippen molar-refractivity contribution < 1.29 is 0 Å². The molecular weight excluding hydrogens is 222 g/mol. The second-order valence-corrected chi connectivity index (χ2v) is 5.04. The van der Waals surface area contributed by atoms with E-state index in [1.807, 2.05) is 16.9 Å². The Hall–Kier alpha value is -1.35. The van der Waals surface area contributed by atoms with E-state index in [1.165, 1.54) is 24.1 Å². The SMILES string of the molecule is Clc1ccnc(-n2ncc3c2[C@H]2C[C@H]2C3)c1. The number of rotatable bonds is 1. The number of fused-ring (bicyclic) bond motifs is 3. The second kappa shape index (κ2) is 2.86. The molecule has 2 aliphatic rings. The summed E-state index contributed by atoms with van der Waals surface area (Å²) in [5, 5.41) is 5.13. The van der Waals surface area contributed by atoms with Crippen molar-refractivity contribution in [2.24, 2.45) is 5.92 Å². The number of hydrogen-bond donors (Lipinski definition) is 0. The summed E-state index contributed by atoms with van der Waals surface area (Å²) in [7, 11) is 0. The molecule has 16 heavy (non-hydrogen) atoms. The number of halogens is 1. The van der Waals surface area contributed by atoms with Crippen molar-refractivity contribution >= 4 is 11.6 Å². The van der Waals surface area contributed by atoms with E-state index >= 15 is 0 Å². The zero-order valence-electron chi connectivity index (χ0n) is 8.60. The minimum atomic E-state index is 0.708. The minimum absolute atomic E-state index is 0.708. The Morgan fingerprint density at radius 3 is 3.25 bits per heavy atom. The molecule has 0 amide bonds. The van der Waals surface area contributed by atoms with Gasteiger partial charge in [-0.15, -0.1) is 0 Å². The van der Waals surface area contributed by atoms with Gasteiger partial charge < -0.3 is 0 Å². The summed E-state index contributed by atoms with van der Waals surface area (Å²) >= 11 is 5.98. The monoisotopic (exact) mass is 231 g/mol. The molecule has 2 aliphatic carbocycles. The van der Waals surface area contributed by atoms with Crippen LogP contribution in [-0.2, 0) is 6.42 Å². The number of aromatic nitrogens is 3. The topological polar surface area (TPSA) is 30.7 Å². The molecule has 1 saturated carbocycles. The van der Waals surface area contributed by atoms with Gasteiger partial charge in [0.2, 0.25) is 0 Å². The maximum atomic E-state index is 5.98. The lowest BCUT2D eigenvalue weighted by molar-refractivity contribution is 0.771. The van der Waals surface area contributed by atoms with Gasteiger partial charge in [0.15, 0.2) is 5.82 Å². The Bertz CT molecular complexity index is 575. The first-order chi connectivity index (χ1) is 7.83. The molecule has 3 nitrogen and oxygen atoms in total. The van der Waals surface area contributed by atoms with Crippen LogP contribution in [0.4, 0.5) is 0 Å². The lowest BCUT2D eigenvalue weighted by Crippen LogP contribution is -2.03. The van der Waals surface area contributed by atoms with E-state index in [-0.39, 0.29) is 0 Å². The number of pyridine rings is 1. The third-order valence-corrected chi connectivity index (χ3v) is 3.80. The molecule has 4 heteroatoms. The van der Waals surface area contributed by atoms with Crippen LogP contribution in [0.15, 0.2) is 24.5 Å². The van der Waals surface area contributed by atoms with Crippen LogP contribution in [0.25, 0.3) is 5.82 Å². The van der Waals surface area contributed by atoms with Crippen molar-refractivity contribution in [2.45, 2.75) is 18.8 Å². The zero-order valence-corrected chi connectivity index (χ0v) is 9.35. The van der Waals surface area contributed by atoms with Crippen molar-refractivity contribution in [1.82, 2.24) is 14.8 Å². The van der Waals surface area contributed by atoms with E-state index < -0.39 is 0 Å². The Morgan fingerprint density at radius 1 is 1.44 bits per heavy atom. The maximum absolute atomic E-state index is 5.98. The van der Waals surface area contributed by atoms with Crippen LogP contribution in [0.2, 0.25) is 5.02 Å². The van der Waals surface area contributed by atoms with Crippen molar-refractivity contribution in [3.63, 3.8) is 0 Å². The van der Waals surface area contributed by atoms with Crippen molar-refractivity contribution in [1.29, 1.82) is 0 Å². The average Bonchev–Trinajstić information content (AvgIpc) is 2.75. The highest BCUT2D eigenvalue weighted by molar-refractivity contribution is 6.30. The highest BCUT2D eigenvalue weighted by Gasteiger charge is 2.48. The van der Waals surface area contributed by atoms with Gasteiger partial charge in [-0.3, -0.25) is 0 Å². The predicted molar refractivity (Wildman–Crippen MR) is 60.9 cm³/mol. The molecule has 0 spiro atoms. The first-order valence-electron chi connectivity index (χ1n) is 5.51. The van der Waals surface area contributed by atoms with Crippen LogP contribution in [0.3, 0.4) is 0 Å². The van der Waals surface area contributed by atoms with E-state index in [2.05, 4.69) is 10.1 Å². The predicted octanol–water partition coefficient (Wildman–Crippen LogP) is 2.58. The van der Waals surface area contributed by atoms with Gasteiger partial charge in [-0.25, -0.2) is 9.67 Å². The van der Waals surface area contributed by atoms with Crippen LogP contribution in [0, 0.1) is 5.92 Å². The Morgan fingerprint density at radius 2 is 2.38 bits per heavy atom. The summed E-state index contributed by atoms with van der Waals surface area (Å²) < 4.78 is 1.96. The van der Waals surface area contributed by atoms with Crippen molar-refractivity contribution in [3.8, 4) is 5.82 Å². The summed E-state index contributed by atoms with van der Waals surface area (Å²) in [5.41, 5.74) is 2.75. The second-order valence-electron chi connectivity index (χ2n) is 4.61. The van der Waals surface area contributed by atoms with Gasteiger partial charge in [0.05, 0.1) is 11.9 Å². The van der Waals surface area contributed by atoms with Crippen LogP contribution in [0.5, 0.6) is 0 Å². The summed E-state index contributed by atoms with van der Waals surface area (Å²) in [4.78, 5) is 4.33. The lowest BCUT2D eigenvalue weighted by Gasteiger charge is -2.05. The fraction of sp³-hybridized carbons (Fsp3) is 0.333. The van der Waals surface area contributed by atoms with E-state index in [9.17, 15) is 0 Å². The van der Waals surface area contributed by atoms with Crippen molar-refractivity contribution in [3.05, 3.63) is 40.8 Å². The summed E-state index contributed by atoms with van der Waals surface area (Å²) in [6.45, 7) is 0. The van der Waals surface area contributed by atoms with Crippen LogP contribution >= 0.6 is 11.6 Å². The van der Waals surface area contributed by atoms with Gasteiger partial charge in [-0.2, -0.15) is 5.10 Å². The molecule has 0 aliphatic heterocycles. The van der Waals surface area contributed by atoms with Gasteiger partial charge in [0.1, 0.15) is 0 Å². The lowest BCUT2D eigenvalue weighted by atomic mass is 10.2. The highest BCUT2D eigenvalue weighted by Crippen LogP contribution is 2.56. The van der Waals surface area contributed by atoms with Gasteiger partial charge in [0, 0.05) is 23.2 Å². The molecule has 80 valence electrons. The van der Waals surface area contributed by atoms with Crippen LogP contribution in [-0.4, -0.2) is 14.8 Å². The number of nitrogens with zero attached hydrogens (tertiary/aromatic N) is 3. The molecule has 0 unspecified atom stereocenters. The molecule has 4 rings (SSSR count). The van der Waals surface area contributed by atoms with Crippen molar-refractivity contribution in [2.75, 3.05) is 0 Å². The molecule has 0 saturated heterocycles. The first-order valence-corrected chi connectivity index (χ1v) is 5.89. The maximum Gasteiger partial charge on any atom is 0.155 e. The Labute approximate surface area is 98.1 Å². The number of hydrogen-bond acceptors (Lipinski definition) is 2. The van der Waals surface area contributed by atoms with E-state index in [1.54, 1.807) is 12.3 Å². The van der Waals surface area contributed by atoms with Crippen LogP contribution < -0.4 is 0 Å². The summed E-state index contributed by atoms with van der Waals surface area (Å²) in [6, 6.07) is 3.65. The Kier molecular flexibility index (Phi) is 1.56. The quantitative estimate of drug-likeness (QED) is 0.755. The molecule has 2 aromatic heterocycles. The first kappa shape index (κ1) is 8.76. The smallest absolute Gasteiger partial charge is 0.155 e. The Balaban J connectivity index is 1.89. The molecule has 0 N–H and O–H groups in total. The van der Waals surface area contributed by atoms with E-state index in [0.717, 1.165) is 17.7 Å². The van der Waals surface area contributed by atoms with Gasteiger partial charge in [0.25, 0.3) is 0 Å². The standard InChI is InChI=1S/C12H10ClN3/c13-9-1-2-14-11(5-9)16-12-8(6-15-16)3-7-4-10(7)12/h1-2,5-7,10H,3-4H2/t7-,10+/m1/s1. The van der Waals surface area contributed by atoms with Crippen LogP contribution in [0.1, 0.15) is 23.6 Å². The normalized spacial score (nSPS) is 25.3. The summed E-state index contributed by atoms with van der Waals surface area (Å²) in [5.74, 6) is 2.43. The molecule has 1 fully saturated rings. The third-order valence-electron chi connectivity index (χ3n) is 3.57. The molecule has 2 heterocycles. The molecule has 0 bridgehead atoms. The van der Waals surface area contributed by atoms with E-state index in [0.29, 0.717) is 5.02 Å². The highest BCUT2D eigenvalue weighted by atomic mass is 35.5. The largest absolute Gasteiger partial charge is 0.237 e. The third kappa shape index (κ3) is 1.09. The molecule has 2 atom stereocenters. The minimum Gasteiger partial charge on any atom is -0.237 e. The van der Waals surface area contributed by atoms with Gasteiger partial charge in [-0.05, 0) is 30.4 Å². The van der Waals surface area contributed by atoms with Gasteiger partial charge >= 0.3 is 0 Å². The van der Waals surface area contributed by atoms with Gasteiger partial charge in [-0.1, -0.05) is 11.6 Å². The molecule has 0 radical (unpaired) electrons. The fourth-order valence-electron chi connectivity index (χ4n) is 2.73.